The maximum absolute atomic E-state index is 12.8. The molecule has 2 aromatic rings. The first-order chi connectivity index (χ1) is 13.6. The second-order valence-electron chi connectivity index (χ2n) is 7.02. The van der Waals surface area contributed by atoms with Gasteiger partial charge < -0.3 is 9.47 Å². The first-order valence-electron chi connectivity index (χ1n) is 9.28. The third-order valence-corrected chi connectivity index (χ3v) is 5.15. The molecule has 2 unspecified atom stereocenters. The third kappa shape index (κ3) is 3.92. The molecule has 28 heavy (non-hydrogen) atoms. The summed E-state index contributed by atoms with van der Waals surface area (Å²) < 4.78 is 36.7. The highest BCUT2D eigenvalue weighted by Gasteiger charge is 2.39. The van der Waals surface area contributed by atoms with E-state index in [-0.39, 0.29) is 30.3 Å². The number of ether oxygens (including phenoxy) is 2. The maximum atomic E-state index is 12.8. The van der Waals surface area contributed by atoms with E-state index >= 15 is 0 Å². The summed E-state index contributed by atoms with van der Waals surface area (Å²) >= 11 is 0. The van der Waals surface area contributed by atoms with Gasteiger partial charge in [-0.3, -0.25) is 4.90 Å². The van der Waals surface area contributed by atoms with Crippen LogP contribution in [-0.2, 0) is 16.1 Å². The maximum Gasteiger partial charge on any atom is 0.411 e. The Morgan fingerprint density at radius 2 is 1.86 bits per heavy atom. The summed E-state index contributed by atoms with van der Waals surface area (Å²) in [6.45, 7) is 1.06. The van der Waals surface area contributed by atoms with Gasteiger partial charge in [-0.15, -0.1) is 0 Å². The van der Waals surface area contributed by atoms with Crippen LogP contribution in [0.5, 0.6) is 0 Å². The molecular weight excluding hydrogens is 364 g/mol. The van der Waals surface area contributed by atoms with Crippen molar-refractivity contribution >= 4 is 11.7 Å². The molecule has 2 aromatic carbocycles. The van der Waals surface area contributed by atoms with E-state index in [0.717, 1.165) is 16.7 Å². The number of alkyl halides is 2. The first kappa shape index (κ1) is 18.6. The van der Waals surface area contributed by atoms with Gasteiger partial charge >= 0.3 is 6.09 Å². The molecule has 2 bridgehead atoms. The molecule has 4 rings (SSSR count). The Bertz CT molecular complexity index is 852. The molecule has 2 aliphatic rings. The number of hydrogen-bond donors (Lipinski definition) is 0. The topological polar surface area (TPSA) is 38.8 Å². The lowest BCUT2D eigenvalue weighted by atomic mass is 9.90. The number of carbonyl (C=O) groups excluding carboxylic acids is 1. The molecule has 0 saturated carbocycles. The number of rotatable bonds is 4. The molecule has 1 saturated heterocycles. The Morgan fingerprint density at radius 3 is 2.54 bits per heavy atom. The second-order valence-corrected chi connectivity index (χ2v) is 7.02. The van der Waals surface area contributed by atoms with E-state index in [2.05, 4.69) is 0 Å². The molecule has 2 aliphatic heterocycles. The minimum absolute atomic E-state index is 0.00908. The molecule has 2 heterocycles. The SMILES string of the molecule is O=C(OCc1ccccc1)N1C2C=C(c3ccc(C(F)F)cc3)CC1COC2. The largest absolute Gasteiger partial charge is 0.445 e. The molecule has 0 N–H and O–H groups in total. The lowest BCUT2D eigenvalue weighted by Gasteiger charge is -2.43. The number of nitrogens with zero attached hydrogens (tertiary/aromatic N) is 1. The molecule has 2 atom stereocenters. The predicted molar refractivity (Wildman–Crippen MR) is 101 cm³/mol. The summed E-state index contributed by atoms with van der Waals surface area (Å²) in [5, 5.41) is 0. The van der Waals surface area contributed by atoms with Gasteiger partial charge in [0.25, 0.3) is 6.43 Å². The standard InChI is InChI=1S/C22H21F2NO3/c23-21(24)17-8-6-16(7-9-17)18-10-19-13-27-14-20(11-18)25(19)22(26)28-12-15-4-2-1-3-5-15/h1-10,19-21H,11-14H2. The zero-order chi connectivity index (χ0) is 19.5. The van der Waals surface area contributed by atoms with Gasteiger partial charge in [0.15, 0.2) is 0 Å². The van der Waals surface area contributed by atoms with Crippen molar-refractivity contribution in [2.24, 2.45) is 0 Å². The van der Waals surface area contributed by atoms with E-state index in [4.69, 9.17) is 9.47 Å². The van der Waals surface area contributed by atoms with Crippen LogP contribution >= 0.6 is 0 Å². The predicted octanol–water partition coefficient (Wildman–Crippen LogP) is 4.82. The molecule has 4 nitrogen and oxygen atoms in total. The lowest BCUT2D eigenvalue weighted by molar-refractivity contribution is -0.0342. The van der Waals surface area contributed by atoms with Crippen LogP contribution in [0.2, 0.25) is 0 Å². The van der Waals surface area contributed by atoms with Crippen LogP contribution in [-0.4, -0.2) is 36.3 Å². The minimum Gasteiger partial charge on any atom is -0.445 e. The normalized spacial score (nSPS) is 21.4. The van der Waals surface area contributed by atoms with Crippen molar-refractivity contribution < 1.29 is 23.0 Å². The molecule has 6 heteroatoms. The molecule has 0 spiro atoms. The van der Waals surface area contributed by atoms with Crippen LogP contribution in [0.3, 0.4) is 0 Å². The van der Waals surface area contributed by atoms with Crippen molar-refractivity contribution in [1.29, 1.82) is 0 Å². The van der Waals surface area contributed by atoms with E-state index in [1.165, 1.54) is 12.1 Å². The van der Waals surface area contributed by atoms with Gasteiger partial charge in [-0.2, -0.15) is 0 Å². The minimum atomic E-state index is -2.47. The van der Waals surface area contributed by atoms with Crippen molar-refractivity contribution in [3.63, 3.8) is 0 Å². The van der Waals surface area contributed by atoms with Crippen LogP contribution in [0.4, 0.5) is 13.6 Å². The molecule has 0 aliphatic carbocycles. The zero-order valence-corrected chi connectivity index (χ0v) is 15.3. The summed E-state index contributed by atoms with van der Waals surface area (Å²) in [5.41, 5.74) is 2.89. The summed E-state index contributed by atoms with van der Waals surface area (Å²) in [7, 11) is 0. The van der Waals surface area contributed by atoms with Crippen LogP contribution in [0.1, 0.15) is 29.5 Å². The number of hydrogen-bond acceptors (Lipinski definition) is 3. The lowest BCUT2D eigenvalue weighted by Crippen LogP contribution is -2.56. The summed E-state index contributed by atoms with van der Waals surface area (Å²) in [4.78, 5) is 14.4. The van der Waals surface area contributed by atoms with Crippen molar-refractivity contribution in [2.75, 3.05) is 13.2 Å². The number of benzene rings is 2. The van der Waals surface area contributed by atoms with Gasteiger partial charge in [-0.25, -0.2) is 13.6 Å². The molecule has 1 fully saturated rings. The molecule has 146 valence electrons. The smallest absolute Gasteiger partial charge is 0.411 e. The average molecular weight is 385 g/mol. The van der Waals surface area contributed by atoms with E-state index < -0.39 is 6.43 Å². The quantitative estimate of drug-likeness (QED) is 0.758. The van der Waals surface area contributed by atoms with Crippen LogP contribution in [0.15, 0.2) is 60.7 Å². The highest BCUT2D eigenvalue weighted by Crippen LogP contribution is 2.33. The number of carbonyl (C=O) groups is 1. The van der Waals surface area contributed by atoms with Crippen LogP contribution in [0, 0.1) is 0 Å². The molecule has 0 aromatic heterocycles. The molecule has 1 amide bonds. The zero-order valence-electron chi connectivity index (χ0n) is 15.3. The average Bonchev–Trinajstić information content (AvgIpc) is 2.72. The summed E-state index contributed by atoms with van der Waals surface area (Å²) in [5.74, 6) is 0. The summed E-state index contributed by atoms with van der Waals surface area (Å²) in [6, 6.07) is 15.5. The van der Waals surface area contributed by atoms with Gasteiger partial charge in [-0.1, -0.05) is 60.7 Å². The van der Waals surface area contributed by atoms with E-state index in [0.29, 0.717) is 19.6 Å². The van der Waals surface area contributed by atoms with Gasteiger partial charge in [0.2, 0.25) is 0 Å². The van der Waals surface area contributed by atoms with E-state index in [1.807, 2.05) is 36.4 Å². The molecule has 0 radical (unpaired) electrons. The Labute approximate surface area is 162 Å². The number of amides is 1. The van der Waals surface area contributed by atoms with Crippen molar-refractivity contribution in [3.05, 3.63) is 77.4 Å². The fraction of sp³-hybridized carbons (Fsp3) is 0.318. The number of halogens is 2. The van der Waals surface area contributed by atoms with Gasteiger partial charge in [0.05, 0.1) is 25.3 Å². The Balaban J connectivity index is 1.48. The van der Waals surface area contributed by atoms with Gasteiger partial charge in [0.1, 0.15) is 6.61 Å². The first-order valence-corrected chi connectivity index (χ1v) is 9.28. The fourth-order valence-corrected chi connectivity index (χ4v) is 3.73. The fourth-order valence-electron chi connectivity index (χ4n) is 3.73. The van der Waals surface area contributed by atoms with Crippen LogP contribution < -0.4 is 0 Å². The Morgan fingerprint density at radius 1 is 1.11 bits per heavy atom. The van der Waals surface area contributed by atoms with Gasteiger partial charge in [-0.05, 0) is 23.1 Å². The van der Waals surface area contributed by atoms with Crippen molar-refractivity contribution in [3.8, 4) is 0 Å². The molecular formula is C22H21F2NO3. The van der Waals surface area contributed by atoms with Gasteiger partial charge in [0, 0.05) is 5.56 Å². The van der Waals surface area contributed by atoms with E-state index in [1.54, 1.807) is 17.0 Å². The number of morpholine rings is 1. The summed E-state index contributed by atoms with van der Waals surface area (Å²) in [6.07, 6.45) is -0.246. The highest BCUT2D eigenvalue weighted by atomic mass is 19.3. The Hall–Kier alpha value is -2.73. The number of fused-ring (bicyclic) bond motifs is 2. The van der Waals surface area contributed by atoms with Crippen molar-refractivity contribution in [2.45, 2.75) is 31.5 Å². The second kappa shape index (κ2) is 8.10. The Kier molecular flexibility index (Phi) is 5.39. The van der Waals surface area contributed by atoms with Crippen LogP contribution in [0.25, 0.3) is 5.57 Å². The third-order valence-electron chi connectivity index (χ3n) is 5.15. The monoisotopic (exact) mass is 385 g/mol. The van der Waals surface area contributed by atoms with Crippen molar-refractivity contribution in [1.82, 2.24) is 4.90 Å². The van der Waals surface area contributed by atoms with E-state index in [9.17, 15) is 13.6 Å². The highest BCUT2D eigenvalue weighted by molar-refractivity contribution is 5.74.